The van der Waals surface area contributed by atoms with Crippen molar-refractivity contribution in [1.82, 2.24) is 0 Å². The van der Waals surface area contributed by atoms with Crippen LogP contribution in [-0.2, 0) is 4.79 Å². The van der Waals surface area contributed by atoms with Crippen molar-refractivity contribution < 1.29 is 4.79 Å². The van der Waals surface area contributed by atoms with Crippen LogP contribution >= 0.6 is 15.9 Å². The van der Waals surface area contributed by atoms with Gasteiger partial charge in [0.25, 0.3) is 0 Å². The van der Waals surface area contributed by atoms with E-state index in [1.807, 2.05) is 24.3 Å². The zero-order valence-corrected chi connectivity index (χ0v) is 14.4. The first-order valence-electron chi connectivity index (χ1n) is 7.77. The summed E-state index contributed by atoms with van der Waals surface area (Å²) in [7, 11) is 0. The predicted octanol–water partition coefficient (Wildman–Crippen LogP) is 4.32. The van der Waals surface area contributed by atoms with Crippen LogP contribution < -0.4 is 11.1 Å². The molecule has 2 rings (SSSR count). The summed E-state index contributed by atoms with van der Waals surface area (Å²) in [4.78, 5) is 12.2. The summed E-state index contributed by atoms with van der Waals surface area (Å²) >= 11 is 3.54. The molecule has 0 spiro atoms. The van der Waals surface area contributed by atoms with Crippen molar-refractivity contribution >= 4 is 27.5 Å². The van der Waals surface area contributed by atoms with E-state index in [9.17, 15) is 4.79 Å². The van der Waals surface area contributed by atoms with E-state index in [0.29, 0.717) is 11.8 Å². The Labute approximate surface area is 135 Å². The third kappa shape index (κ3) is 3.79. The zero-order valence-electron chi connectivity index (χ0n) is 12.9. The number of amides is 1. The van der Waals surface area contributed by atoms with Gasteiger partial charge in [0.05, 0.1) is 0 Å². The largest absolute Gasteiger partial charge is 0.370 e. The van der Waals surface area contributed by atoms with Crippen molar-refractivity contribution in [3.8, 4) is 0 Å². The van der Waals surface area contributed by atoms with Crippen LogP contribution in [0.5, 0.6) is 0 Å². The minimum absolute atomic E-state index is 0.234. The molecule has 1 aliphatic rings. The van der Waals surface area contributed by atoms with Crippen molar-refractivity contribution in [3.05, 3.63) is 28.7 Å². The number of primary amides is 1. The number of nitrogens with two attached hydrogens (primary N) is 1. The van der Waals surface area contributed by atoms with Gasteiger partial charge in [0.1, 0.15) is 5.54 Å². The quantitative estimate of drug-likeness (QED) is 0.792. The summed E-state index contributed by atoms with van der Waals surface area (Å²) in [5.41, 5.74) is 6.10. The highest BCUT2D eigenvalue weighted by Gasteiger charge is 2.39. The van der Waals surface area contributed by atoms with Gasteiger partial charge < -0.3 is 11.1 Å². The number of rotatable bonds is 4. The molecule has 0 aliphatic heterocycles. The van der Waals surface area contributed by atoms with Gasteiger partial charge in [-0.25, -0.2) is 0 Å². The summed E-state index contributed by atoms with van der Waals surface area (Å²) in [6.45, 7) is 4.53. The Hall–Kier alpha value is -1.03. The molecule has 1 aliphatic carbocycles. The number of carbonyl (C=O) groups is 1. The fraction of sp³-hybridized carbons (Fsp3) is 0.588. The lowest BCUT2D eigenvalue weighted by atomic mass is 9.86. The molecule has 21 heavy (non-hydrogen) atoms. The fourth-order valence-corrected chi connectivity index (χ4v) is 3.67. The summed E-state index contributed by atoms with van der Waals surface area (Å²) in [5.74, 6) is 1.12. The number of hydrogen-bond donors (Lipinski definition) is 2. The van der Waals surface area contributed by atoms with E-state index in [0.717, 1.165) is 35.8 Å². The maximum Gasteiger partial charge on any atom is 0.243 e. The molecule has 2 unspecified atom stereocenters. The van der Waals surface area contributed by atoms with Gasteiger partial charge in [-0.05, 0) is 59.2 Å². The van der Waals surface area contributed by atoms with Crippen LogP contribution in [0.2, 0.25) is 0 Å². The average Bonchev–Trinajstić information content (AvgIpc) is 2.65. The minimum atomic E-state index is -0.618. The maximum absolute atomic E-state index is 12.2. The molecule has 1 saturated carbocycles. The molecular weight excluding hydrogens is 328 g/mol. The molecule has 116 valence electrons. The van der Waals surface area contributed by atoms with E-state index >= 15 is 0 Å². The molecule has 4 heteroatoms. The third-order valence-electron chi connectivity index (χ3n) is 4.78. The molecule has 3 nitrogen and oxygen atoms in total. The Kier molecular flexibility index (Phi) is 5.31. The van der Waals surface area contributed by atoms with E-state index in [4.69, 9.17) is 5.73 Å². The standard InChI is InChI=1S/C17H25BrN2O/c1-12(2)13-6-5-10-17(11-9-13,16(19)21)20-15-8-4-3-7-14(15)18/h3-4,7-8,12-13,20H,5-6,9-11H2,1-2H3,(H2,19,21). The number of carbonyl (C=O) groups excluding carboxylic acids is 1. The highest BCUT2D eigenvalue weighted by atomic mass is 79.9. The van der Waals surface area contributed by atoms with Gasteiger partial charge in [-0.3, -0.25) is 4.79 Å². The number of nitrogens with one attached hydrogen (secondary N) is 1. The average molecular weight is 353 g/mol. The van der Waals surface area contributed by atoms with Crippen LogP contribution in [0, 0.1) is 11.8 Å². The lowest BCUT2D eigenvalue weighted by Crippen LogP contribution is -2.50. The van der Waals surface area contributed by atoms with Crippen LogP contribution in [0.4, 0.5) is 5.69 Å². The summed E-state index contributed by atoms with van der Waals surface area (Å²) < 4.78 is 0.968. The number of benzene rings is 1. The first kappa shape index (κ1) is 16.3. The van der Waals surface area contributed by atoms with E-state index in [-0.39, 0.29) is 5.91 Å². The van der Waals surface area contributed by atoms with Crippen LogP contribution in [0.1, 0.15) is 46.0 Å². The van der Waals surface area contributed by atoms with Crippen molar-refractivity contribution in [2.45, 2.75) is 51.5 Å². The SMILES string of the molecule is CC(C)C1CCCC(Nc2ccccc2Br)(C(N)=O)CC1. The Morgan fingerprint density at radius 2 is 2.05 bits per heavy atom. The lowest BCUT2D eigenvalue weighted by Gasteiger charge is -2.32. The molecule has 2 atom stereocenters. The molecule has 0 bridgehead atoms. The van der Waals surface area contributed by atoms with Crippen molar-refractivity contribution in [1.29, 1.82) is 0 Å². The maximum atomic E-state index is 12.2. The van der Waals surface area contributed by atoms with Crippen molar-refractivity contribution in [2.75, 3.05) is 5.32 Å². The molecule has 1 amide bonds. The second kappa shape index (κ2) is 6.82. The van der Waals surface area contributed by atoms with Crippen LogP contribution in [-0.4, -0.2) is 11.4 Å². The normalized spacial score (nSPS) is 26.4. The summed E-state index contributed by atoms with van der Waals surface area (Å²) in [5, 5.41) is 3.44. The predicted molar refractivity (Wildman–Crippen MR) is 91.1 cm³/mol. The molecule has 1 fully saturated rings. The van der Waals surface area contributed by atoms with E-state index in [1.165, 1.54) is 6.42 Å². The number of hydrogen-bond acceptors (Lipinski definition) is 2. The highest BCUT2D eigenvalue weighted by Crippen LogP contribution is 2.37. The van der Waals surface area contributed by atoms with Crippen LogP contribution in [0.15, 0.2) is 28.7 Å². The second-order valence-electron chi connectivity index (χ2n) is 6.49. The first-order valence-corrected chi connectivity index (χ1v) is 8.56. The minimum Gasteiger partial charge on any atom is -0.370 e. The van der Waals surface area contributed by atoms with Crippen molar-refractivity contribution in [2.24, 2.45) is 17.6 Å². The zero-order chi connectivity index (χ0) is 15.5. The smallest absolute Gasteiger partial charge is 0.243 e. The third-order valence-corrected chi connectivity index (χ3v) is 5.47. The molecule has 0 heterocycles. The molecule has 1 aromatic rings. The van der Waals surface area contributed by atoms with Crippen molar-refractivity contribution in [3.63, 3.8) is 0 Å². The molecular formula is C17H25BrN2O. The molecule has 0 radical (unpaired) electrons. The Bertz CT molecular complexity index is 503. The summed E-state index contributed by atoms with van der Waals surface area (Å²) in [6, 6.07) is 7.90. The van der Waals surface area contributed by atoms with Gasteiger partial charge in [-0.2, -0.15) is 0 Å². The molecule has 0 aromatic heterocycles. The van der Waals surface area contributed by atoms with Crippen LogP contribution in [0.25, 0.3) is 0 Å². The van der Waals surface area contributed by atoms with Crippen LogP contribution in [0.3, 0.4) is 0 Å². The monoisotopic (exact) mass is 352 g/mol. The number of para-hydroxylation sites is 1. The first-order chi connectivity index (χ1) is 9.94. The van der Waals surface area contributed by atoms with Gasteiger partial charge in [-0.15, -0.1) is 0 Å². The highest BCUT2D eigenvalue weighted by molar-refractivity contribution is 9.10. The van der Waals surface area contributed by atoms with Gasteiger partial charge >= 0.3 is 0 Å². The van der Waals surface area contributed by atoms with E-state index in [2.05, 4.69) is 35.1 Å². The number of anilines is 1. The van der Waals surface area contributed by atoms with Gasteiger partial charge in [-0.1, -0.05) is 38.8 Å². The Morgan fingerprint density at radius 3 is 2.67 bits per heavy atom. The number of halogens is 1. The lowest BCUT2D eigenvalue weighted by molar-refractivity contribution is -0.122. The Morgan fingerprint density at radius 1 is 1.33 bits per heavy atom. The van der Waals surface area contributed by atoms with Gasteiger partial charge in [0.15, 0.2) is 0 Å². The van der Waals surface area contributed by atoms with E-state index in [1.54, 1.807) is 0 Å². The summed E-state index contributed by atoms with van der Waals surface area (Å²) in [6.07, 6.45) is 4.91. The van der Waals surface area contributed by atoms with E-state index < -0.39 is 5.54 Å². The Balaban J connectivity index is 2.21. The van der Waals surface area contributed by atoms with Gasteiger partial charge in [0, 0.05) is 10.2 Å². The molecule has 3 N–H and O–H groups in total. The van der Waals surface area contributed by atoms with Gasteiger partial charge in [0.2, 0.25) is 5.91 Å². The molecule has 1 aromatic carbocycles. The fourth-order valence-electron chi connectivity index (χ4n) is 3.29. The molecule has 0 saturated heterocycles. The topological polar surface area (TPSA) is 55.1 Å². The second-order valence-corrected chi connectivity index (χ2v) is 7.34.